The first-order chi connectivity index (χ1) is 29.9. The fraction of sp³-hybridized carbons (Fsp3) is 0.571. The summed E-state index contributed by atoms with van der Waals surface area (Å²) in [5.41, 5.74) is 3.39. The number of ether oxygens (including phenoxy) is 6. The fourth-order valence-electron chi connectivity index (χ4n) is 11.8. The van der Waals surface area contributed by atoms with Crippen molar-refractivity contribution in [3.05, 3.63) is 109 Å². The molecule has 3 aromatic carbocycles. The minimum atomic E-state index is -0.211. The van der Waals surface area contributed by atoms with Gasteiger partial charge in [-0.3, -0.25) is 0 Å². The quantitative estimate of drug-likeness (QED) is 0.134. The van der Waals surface area contributed by atoms with Gasteiger partial charge >= 0.3 is 0 Å². The lowest BCUT2D eigenvalue weighted by Gasteiger charge is -2.56. The standard InChI is InChI=1S/C20H26O2.C14H20O2.C12H16O2.C10H16/c1-3-15-4-6-19(7-5-15)21-14(2)22-20-11-16-8-17(12-20)10-18(9-16)13-20;1-5-13-6-8-14(9-7-13)16-12(4)15-10-11(2)3;1-4-11-6-8-12(9-7-11)14-10(3)13-5-2;1-7-2-9-4-8(1)5-10(3-7)6-9/h3-7,14,16-18H,1,8-13H2,2H3;5-9,11-12H,1,10H2,2-4H3;4,6-10H,1,5H2,2-3H3;7-10H,1-6H2. The monoisotopic (exact) mass is 847 g/mol. The summed E-state index contributed by atoms with van der Waals surface area (Å²) in [5.74, 6) is 10.5. The molecule has 3 atom stereocenters. The molecule has 0 aliphatic heterocycles. The summed E-state index contributed by atoms with van der Waals surface area (Å²) in [5, 5.41) is 0. The van der Waals surface area contributed by atoms with Crippen LogP contribution in [0.2, 0.25) is 0 Å². The van der Waals surface area contributed by atoms with Gasteiger partial charge in [0.05, 0.1) is 12.2 Å². The molecule has 11 rings (SSSR count). The van der Waals surface area contributed by atoms with Crippen LogP contribution in [0.4, 0.5) is 0 Å². The Balaban J connectivity index is 0.000000143. The van der Waals surface area contributed by atoms with Gasteiger partial charge in [0.15, 0.2) is 18.9 Å². The second-order valence-electron chi connectivity index (χ2n) is 19.7. The summed E-state index contributed by atoms with van der Waals surface area (Å²) in [6.07, 6.45) is 22.6. The molecule has 6 nitrogen and oxygen atoms in total. The van der Waals surface area contributed by atoms with Crippen LogP contribution in [0.25, 0.3) is 18.2 Å². The first-order valence-electron chi connectivity index (χ1n) is 24.0. The largest absolute Gasteiger partial charge is 0.465 e. The predicted octanol–water partition coefficient (Wildman–Crippen LogP) is 14.7. The Morgan fingerprint density at radius 3 is 1.08 bits per heavy atom. The summed E-state index contributed by atoms with van der Waals surface area (Å²) in [7, 11) is 0. The Morgan fingerprint density at radius 2 is 0.774 bits per heavy atom. The van der Waals surface area contributed by atoms with Gasteiger partial charge in [0, 0.05) is 6.61 Å². The van der Waals surface area contributed by atoms with Crippen molar-refractivity contribution in [3.8, 4) is 17.2 Å². The molecule has 8 aliphatic rings. The zero-order valence-electron chi connectivity index (χ0n) is 39.0. The SMILES string of the molecule is C1C2CC3CC1CC(C2)C3.C=Cc1ccc(OC(C)OC23CC4CC(CC(C4)C2)C3)cc1.C=Cc1ccc(OC(C)OCC(C)C)cc1.C=Cc1ccc(OC(C)OCC)cc1. The second kappa shape index (κ2) is 23.2. The third-order valence-electron chi connectivity index (χ3n) is 13.7. The topological polar surface area (TPSA) is 55.4 Å². The van der Waals surface area contributed by atoms with E-state index in [2.05, 4.69) is 33.6 Å². The molecule has 8 bridgehead atoms. The van der Waals surface area contributed by atoms with Gasteiger partial charge in [0.25, 0.3) is 0 Å². The minimum Gasteiger partial charge on any atom is -0.465 e. The Labute approximate surface area is 375 Å². The lowest BCUT2D eigenvalue weighted by molar-refractivity contribution is -0.225. The highest BCUT2D eigenvalue weighted by Gasteiger charge is 2.52. The van der Waals surface area contributed by atoms with Crippen molar-refractivity contribution >= 4 is 18.2 Å². The van der Waals surface area contributed by atoms with E-state index in [1.807, 2.05) is 113 Å². The molecular formula is C56H78O6. The van der Waals surface area contributed by atoms with Crippen LogP contribution in [0.15, 0.2) is 92.5 Å². The molecule has 338 valence electrons. The van der Waals surface area contributed by atoms with Gasteiger partial charge in [-0.1, -0.05) is 88.2 Å². The number of hydrogen-bond donors (Lipinski definition) is 0. The van der Waals surface area contributed by atoms with Crippen molar-refractivity contribution in [2.75, 3.05) is 13.2 Å². The van der Waals surface area contributed by atoms with Crippen LogP contribution in [-0.4, -0.2) is 37.7 Å². The summed E-state index contributed by atoms with van der Waals surface area (Å²) < 4.78 is 34.4. The van der Waals surface area contributed by atoms with Crippen molar-refractivity contribution in [3.63, 3.8) is 0 Å². The molecule has 8 fully saturated rings. The van der Waals surface area contributed by atoms with E-state index in [0.29, 0.717) is 19.1 Å². The Bertz CT molecular complexity index is 1700. The maximum atomic E-state index is 6.47. The molecule has 0 heterocycles. The lowest BCUT2D eigenvalue weighted by atomic mass is 9.54. The van der Waals surface area contributed by atoms with E-state index >= 15 is 0 Å². The minimum absolute atomic E-state index is 0.106. The first kappa shape index (κ1) is 47.6. The molecule has 0 amide bonds. The van der Waals surface area contributed by atoms with E-state index in [-0.39, 0.29) is 24.5 Å². The number of hydrogen-bond acceptors (Lipinski definition) is 6. The van der Waals surface area contributed by atoms with Gasteiger partial charge in [-0.2, -0.15) is 0 Å². The zero-order valence-corrected chi connectivity index (χ0v) is 39.0. The molecule has 3 unspecified atom stereocenters. The summed E-state index contributed by atoms with van der Waals surface area (Å²) in [6.45, 7) is 24.5. The molecule has 3 aromatic rings. The zero-order chi connectivity index (χ0) is 44.1. The van der Waals surface area contributed by atoms with Crippen molar-refractivity contribution in [2.45, 2.75) is 143 Å². The van der Waals surface area contributed by atoms with Gasteiger partial charge in [0.2, 0.25) is 0 Å². The van der Waals surface area contributed by atoms with Crippen LogP contribution < -0.4 is 14.2 Å². The first-order valence-corrected chi connectivity index (χ1v) is 24.0. The highest BCUT2D eigenvalue weighted by Crippen LogP contribution is 2.57. The molecule has 6 heteroatoms. The van der Waals surface area contributed by atoms with E-state index < -0.39 is 0 Å². The Morgan fingerprint density at radius 1 is 0.468 bits per heavy atom. The van der Waals surface area contributed by atoms with Crippen molar-refractivity contribution < 1.29 is 28.4 Å². The van der Waals surface area contributed by atoms with Crippen LogP contribution in [0.5, 0.6) is 17.2 Å². The van der Waals surface area contributed by atoms with E-state index in [0.717, 1.165) is 51.7 Å². The highest BCUT2D eigenvalue weighted by atomic mass is 16.7. The fourth-order valence-corrected chi connectivity index (χ4v) is 11.8. The lowest BCUT2D eigenvalue weighted by Crippen LogP contribution is -2.53. The number of rotatable bonds is 16. The Kier molecular flexibility index (Phi) is 17.8. The normalized spacial score (nSPS) is 28.4. The molecule has 62 heavy (non-hydrogen) atoms. The summed E-state index contributed by atoms with van der Waals surface area (Å²) >= 11 is 0. The van der Waals surface area contributed by atoms with Gasteiger partial charge in [-0.05, 0) is 205 Å². The van der Waals surface area contributed by atoms with E-state index in [1.165, 1.54) is 62.2 Å². The maximum absolute atomic E-state index is 6.47. The third-order valence-corrected chi connectivity index (χ3v) is 13.7. The molecule has 0 radical (unpaired) electrons. The van der Waals surface area contributed by atoms with Gasteiger partial charge in [-0.15, -0.1) is 0 Å². The average molecular weight is 847 g/mol. The van der Waals surface area contributed by atoms with E-state index in [1.54, 1.807) is 44.6 Å². The van der Waals surface area contributed by atoms with Crippen molar-refractivity contribution in [1.82, 2.24) is 0 Å². The van der Waals surface area contributed by atoms with Gasteiger partial charge < -0.3 is 28.4 Å². The third kappa shape index (κ3) is 14.6. The molecule has 0 aromatic heterocycles. The average Bonchev–Trinajstić information content (AvgIpc) is 3.23. The predicted molar refractivity (Wildman–Crippen MR) is 256 cm³/mol. The van der Waals surface area contributed by atoms with Crippen LogP contribution in [0.3, 0.4) is 0 Å². The van der Waals surface area contributed by atoms with Gasteiger partial charge in [-0.25, -0.2) is 0 Å². The second-order valence-corrected chi connectivity index (χ2v) is 19.7. The molecule has 8 saturated carbocycles. The molecule has 8 aliphatic carbocycles. The molecular weight excluding hydrogens is 769 g/mol. The van der Waals surface area contributed by atoms with Crippen LogP contribution in [0, 0.1) is 47.3 Å². The molecule has 0 saturated heterocycles. The summed E-state index contributed by atoms with van der Waals surface area (Å²) in [4.78, 5) is 0. The van der Waals surface area contributed by atoms with Crippen LogP contribution in [-0.2, 0) is 14.2 Å². The van der Waals surface area contributed by atoms with E-state index in [9.17, 15) is 0 Å². The highest BCUT2D eigenvalue weighted by molar-refractivity contribution is 5.49. The number of benzene rings is 3. The van der Waals surface area contributed by atoms with Crippen LogP contribution >= 0.6 is 0 Å². The van der Waals surface area contributed by atoms with Gasteiger partial charge in [0.1, 0.15) is 17.2 Å². The molecule has 0 spiro atoms. The Hall–Kier alpha value is -3.84. The van der Waals surface area contributed by atoms with Crippen LogP contribution in [0.1, 0.15) is 135 Å². The molecule has 0 N–H and O–H groups in total. The summed E-state index contributed by atoms with van der Waals surface area (Å²) in [6, 6.07) is 23.6. The smallest absolute Gasteiger partial charge is 0.197 e. The van der Waals surface area contributed by atoms with Crippen molar-refractivity contribution in [1.29, 1.82) is 0 Å². The maximum Gasteiger partial charge on any atom is 0.197 e. The van der Waals surface area contributed by atoms with E-state index in [4.69, 9.17) is 28.4 Å². The van der Waals surface area contributed by atoms with Crippen molar-refractivity contribution in [2.24, 2.45) is 47.3 Å².